The van der Waals surface area contributed by atoms with Gasteiger partial charge in [-0.15, -0.1) is 0 Å². The van der Waals surface area contributed by atoms with Crippen molar-refractivity contribution < 1.29 is 24.2 Å². The van der Waals surface area contributed by atoms with E-state index >= 15 is 0 Å². The van der Waals surface area contributed by atoms with Gasteiger partial charge in [-0.2, -0.15) is 0 Å². The molecule has 7 nitrogen and oxygen atoms in total. The highest BCUT2D eigenvalue weighted by atomic mass is 16.5. The number of alkyl carbamates (subject to hydrolysis) is 1. The topological polar surface area (TPSA) is 105 Å². The van der Waals surface area contributed by atoms with Crippen LogP contribution in [0.15, 0.2) is 78.9 Å². The Morgan fingerprint density at radius 2 is 1.39 bits per heavy atom. The van der Waals surface area contributed by atoms with E-state index in [4.69, 9.17) is 4.74 Å². The Labute approximate surface area is 191 Å². The second-order valence-electron chi connectivity index (χ2n) is 7.88. The first-order valence-corrected chi connectivity index (χ1v) is 10.7. The second-order valence-corrected chi connectivity index (χ2v) is 7.88. The molecule has 2 amide bonds. The summed E-state index contributed by atoms with van der Waals surface area (Å²) in [5.41, 5.74) is 4.85. The number of benzene rings is 3. The molecule has 0 aromatic heterocycles. The quantitative estimate of drug-likeness (QED) is 0.513. The maximum atomic E-state index is 12.5. The summed E-state index contributed by atoms with van der Waals surface area (Å²) in [5, 5.41) is 14.4. The van der Waals surface area contributed by atoms with Gasteiger partial charge >= 0.3 is 12.1 Å². The van der Waals surface area contributed by atoms with E-state index in [1.807, 2.05) is 48.5 Å². The van der Waals surface area contributed by atoms with Crippen LogP contribution in [0.2, 0.25) is 0 Å². The van der Waals surface area contributed by atoms with Crippen LogP contribution in [-0.4, -0.2) is 35.7 Å². The monoisotopic (exact) mass is 444 g/mol. The fourth-order valence-electron chi connectivity index (χ4n) is 4.08. The zero-order valence-electron chi connectivity index (χ0n) is 18.0. The van der Waals surface area contributed by atoms with Crippen LogP contribution in [0.4, 0.5) is 4.79 Å². The molecule has 3 N–H and O–H groups in total. The predicted octanol–water partition coefficient (Wildman–Crippen LogP) is 3.86. The maximum absolute atomic E-state index is 12.5. The van der Waals surface area contributed by atoms with Crippen LogP contribution in [-0.2, 0) is 14.3 Å². The molecule has 2 atom stereocenters. The molecule has 0 radical (unpaired) electrons. The molecule has 0 saturated heterocycles. The summed E-state index contributed by atoms with van der Waals surface area (Å²) in [6.07, 6.45) is -0.744. The summed E-state index contributed by atoms with van der Waals surface area (Å²) in [6, 6.07) is 22.2. The maximum Gasteiger partial charge on any atom is 0.407 e. The van der Waals surface area contributed by atoms with Crippen molar-refractivity contribution in [1.29, 1.82) is 0 Å². The predicted molar refractivity (Wildman–Crippen MR) is 123 cm³/mol. The molecule has 1 aliphatic rings. The fraction of sp³-hybridized carbons (Fsp3) is 0.192. The van der Waals surface area contributed by atoms with Crippen LogP contribution in [0.1, 0.15) is 35.6 Å². The summed E-state index contributed by atoms with van der Waals surface area (Å²) < 4.78 is 5.45. The molecule has 0 heterocycles. The Hall–Kier alpha value is -4.13. The number of nitrogens with one attached hydrogen (secondary N) is 2. The van der Waals surface area contributed by atoms with Crippen LogP contribution in [0.25, 0.3) is 11.1 Å². The average Bonchev–Trinajstić information content (AvgIpc) is 3.15. The first-order valence-electron chi connectivity index (χ1n) is 10.7. The van der Waals surface area contributed by atoms with E-state index in [0.717, 1.165) is 22.3 Å². The van der Waals surface area contributed by atoms with Crippen molar-refractivity contribution in [2.45, 2.75) is 24.9 Å². The first-order chi connectivity index (χ1) is 16.0. The Balaban J connectivity index is 1.36. The minimum Gasteiger partial charge on any atom is -0.479 e. The van der Waals surface area contributed by atoms with Gasteiger partial charge in [-0.1, -0.05) is 78.9 Å². The van der Waals surface area contributed by atoms with E-state index in [9.17, 15) is 19.5 Å². The van der Waals surface area contributed by atoms with Gasteiger partial charge in [0.1, 0.15) is 12.6 Å². The number of hydrogen-bond acceptors (Lipinski definition) is 4. The lowest BCUT2D eigenvalue weighted by atomic mass is 9.98. The van der Waals surface area contributed by atoms with E-state index < -0.39 is 30.1 Å². The Morgan fingerprint density at radius 1 is 0.848 bits per heavy atom. The van der Waals surface area contributed by atoms with E-state index in [2.05, 4.69) is 10.6 Å². The minimum atomic E-state index is -1.22. The standard InChI is InChI=1S/C26H24N2O5/c1-16(24(29)28-23(25(30)31)17-9-3-2-4-10-17)27-26(32)33-15-22-20-13-7-5-11-18(20)19-12-6-8-14-21(19)22/h2-14,16,22-23H,15H2,1H3,(H,27,32)(H,28,29)(H,30,31)/t16?,23-/m0/s1. The molecule has 3 aromatic rings. The molecule has 4 rings (SSSR count). The van der Waals surface area contributed by atoms with Gasteiger partial charge in [0, 0.05) is 5.92 Å². The van der Waals surface area contributed by atoms with Gasteiger partial charge in [-0.25, -0.2) is 9.59 Å². The van der Waals surface area contributed by atoms with Crippen molar-refractivity contribution in [1.82, 2.24) is 10.6 Å². The largest absolute Gasteiger partial charge is 0.479 e. The first kappa shape index (κ1) is 22.1. The van der Waals surface area contributed by atoms with E-state index in [1.165, 1.54) is 6.92 Å². The van der Waals surface area contributed by atoms with Crippen molar-refractivity contribution in [3.8, 4) is 11.1 Å². The molecule has 0 fully saturated rings. The van der Waals surface area contributed by atoms with Crippen molar-refractivity contribution in [3.05, 3.63) is 95.6 Å². The Bertz CT molecular complexity index is 1130. The summed E-state index contributed by atoms with van der Waals surface area (Å²) >= 11 is 0. The summed E-state index contributed by atoms with van der Waals surface area (Å²) in [4.78, 5) is 36.5. The van der Waals surface area contributed by atoms with Crippen molar-refractivity contribution in [2.24, 2.45) is 0 Å². The van der Waals surface area contributed by atoms with Crippen LogP contribution < -0.4 is 10.6 Å². The lowest BCUT2D eigenvalue weighted by molar-refractivity contribution is -0.142. The van der Waals surface area contributed by atoms with E-state index in [-0.39, 0.29) is 12.5 Å². The number of hydrogen-bond donors (Lipinski definition) is 3. The second kappa shape index (κ2) is 9.56. The summed E-state index contributed by atoms with van der Waals surface area (Å²) in [5.74, 6) is -1.91. The van der Waals surface area contributed by atoms with Crippen LogP contribution >= 0.6 is 0 Å². The molecule has 0 saturated carbocycles. The number of carboxylic acid groups (broad SMARTS) is 1. The number of carbonyl (C=O) groups excluding carboxylic acids is 2. The highest BCUT2D eigenvalue weighted by Gasteiger charge is 2.30. The molecule has 33 heavy (non-hydrogen) atoms. The SMILES string of the molecule is CC(NC(=O)OCC1c2ccccc2-c2ccccc21)C(=O)N[C@H](C(=O)O)c1ccccc1. The Kier molecular flexibility index (Phi) is 6.40. The summed E-state index contributed by atoms with van der Waals surface area (Å²) in [6.45, 7) is 1.59. The van der Waals surface area contributed by atoms with Crippen LogP contribution in [0, 0.1) is 0 Å². The average molecular weight is 444 g/mol. The third kappa shape index (κ3) is 4.72. The normalized spacial score (nSPS) is 13.8. The molecular weight excluding hydrogens is 420 g/mol. The molecule has 0 aliphatic heterocycles. The van der Waals surface area contributed by atoms with Gasteiger partial charge < -0.3 is 20.5 Å². The molecule has 7 heteroatoms. The lowest BCUT2D eigenvalue weighted by Crippen LogP contribution is -2.47. The number of amides is 2. The van der Waals surface area contributed by atoms with Crippen molar-refractivity contribution in [3.63, 3.8) is 0 Å². The summed E-state index contributed by atoms with van der Waals surface area (Å²) in [7, 11) is 0. The van der Waals surface area contributed by atoms with Gasteiger partial charge in [-0.05, 0) is 34.7 Å². The minimum absolute atomic E-state index is 0.0956. The molecule has 3 aromatic carbocycles. The van der Waals surface area contributed by atoms with Gasteiger partial charge in [0.15, 0.2) is 6.04 Å². The zero-order chi connectivity index (χ0) is 23.4. The molecule has 1 aliphatic carbocycles. The lowest BCUT2D eigenvalue weighted by Gasteiger charge is -2.20. The zero-order valence-corrected chi connectivity index (χ0v) is 18.0. The number of carbonyl (C=O) groups is 3. The highest BCUT2D eigenvalue weighted by Crippen LogP contribution is 2.44. The number of rotatable bonds is 7. The highest BCUT2D eigenvalue weighted by molar-refractivity contribution is 5.89. The Morgan fingerprint density at radius 3 is 1.97 bits per heavy atom. The third-order valence-electron chi connectivity index (χ3n) is 5.74. The fourth-order valence-corrected chi connectivity index (χ4v) is 4.08. The number of fused-ring (bicyclic) bond motifs is 3. The van der Waals surface area contributed by atoms with Gasteiger partial charge in [0.25, 0.3) is 0 Å². The number of ether oxygens (including phenoxy) is 1. The van der Waals surface area contributed by atoms with Crippen molar-refractivity contribution >= 4 is 18.0 Å². The molecule has 0 spiro atoms. The van der Waals surface area contributed by atoms with E-state index in [1.54, 1.807) is 30.3 Å². The van der Waals surface area contributed by atoms with Gasteiger partial charge in [0.2, 0.25) is 5.91 Å². The van der Waals surface area contributed by atoms with Gasteiger partial charge in [-0.3, -0.25) is 4.79 Å². The third-order valence-corrected chi connectivity index (χ3v) is 5.74. The molecule has 1 unspecified atom stereocenters. The van der Waals surface area contributed by atoms with Crippen LogP contribution in [0.3, 0.4) is 0 Å². The number of carboxylic acids is 1. The number of aliphatic carboxylic acids is 1. The smallest absolute Gasteiger partial charge is 0.407 e. The van der Waals surface area contributed by atoms with Crippen molar-refractivity contribution in [2.75, 3.05) is 6.61 Å². The van der Waals surface area contributed by atoms with Crippen LogP contribution in [0.5, 0.6) is 0 Å². The molecule has 0 bridgehead atoms. The molecule has 168 valence electrons. The van der Waals surface area contributed by atoms with E-state index in [0.29, 0.717) is 5.56 Å². The molecular formula is C26H24N2O5. The van der Waals surface area contributed by atoms with Gasteiger partial charge in [0.05, 0.1) is 0 Å².